The highest BCUT2D eigenvalue weighted by Gasteiger charge is 2.18. The van der Waals surface area contributed by atoms with Gasteiger partial charge in [0.05, 0.1) is 0 Å². The Morgan fingerprint density at radius 2 is 1.67 bits per heavy atom. The van der Waals surface area contributed by atoms with Gasteiger partial charge < -0.3 is 5.32 Å². The highest BCUT2D eigenvalue weighted by atomic mass is 15.2. The highest BCUT2D eigenvalue weighted by molar-refractivity contribution is 4.76. The first kappa shape index (κ1) is 16.0. The maximum atomic E-state index is 3.76. The van der Waals surface area contributed by atoms with Gasteiger partial charge in [0.1, 0.15) is 0 Å². The van der Waals surface area contributed by atoms with E-state index < -0.39 is 0 Å². The van der Waals surface area contributed by atoms with Crippen LogP contribution in [0.3, 0.4) is 0 Å². The molecule has 1 N–H and O–H groups in total. The van der Waals surface area contributed by atoms with Gasteiger partial charge in [0, 0.05) is 31.7 Å². The monoisotopic (exact) mass is 254 g/mol. The normalized spacial score (nSPS) is 25.3. The predicted molar refractivity (Wildman–Crippen MR) is 81.0 cm³/mol. The van der Waals surface area contributed by atoms with Gasteiger partial charge in [-0.3, -0.25) is 4.90 Å². The fraction of sp³-hybridized carbons (Fsp3) is 1.00. The van der Waals surface area contributed by atoms with Crippen molar-refractivity contribution < 1.29 is 0 Å². The van der Waals surface area contributed by atoms with Crippen molar-refractivity contribution in [2.75, 3.05) is 19.6 Å². The van der Waals surface area contributed by atoms with Crippen molar-refractivity contribution in [1.82, 2.24) is 10.2 Å². The van der Waals surface area contributed by atoms with Gasteiger partial charge in [0.25, 0.3) is 0 Å². The minimum atomic E-state index is 0.667. The van der Waals surface area contributed by atoms with Crippen LogP contribution in [-0.4, -0.2) is 36.6 Å². The van der Waals surface area contributed by atoms with E-state index in [9.17, 15) is 0 Å². The summed E-state index contributed by atoms with van der Waals surface area (Å²) in [6.45, 7) is 15.2. The SMILES string of the molecule is CC(C)CN(CCNC1CCC(C)CC1)C(C)C. The lowest BCUT2D eigenvalue weighted by molar-refractivity contribution is 0.192. The quantitative estimate of drug-likeness (QED) is 0.748. The van der Waals surface area contributed by atoms with Crippen LogP contribution >= 0.6 is 0 Å². The van der Waals surface area contributed by atoms with E-state index >= 15 is 0 Å². The van der Waals surface area contributed by atoms with E-state index in [4.69, 9.17) is 0 Å². The number of rotatable bonds is 7. The van der Waals surface area contributed by atoms with Gasteiger partial charge in [-0.2, -0.15) is 0 Å². The Morgan fingerprint density at radius 1 is 1.06 bits per heavy atom. The Balaban J connectivity index is 2.18. The van der Waals surface area contributed by atoms with E-state index in [0.29, 0.717) is 6.04 Å². The Hall–Kier alpha value is -0.0800. The van der Waals surface area contributed by atoms with E-state index in [-0.39, 0.29) is 0 Å². The number of nitrogens with one attached hydrogen (secondary N) is 1. The first-order chi connectivity index (χ1) is 8.49. The van der Waals surface area contributed by atoms with Crippen LogP contribution in [0.25, 0.3) is 0 Å². The molecule has 0 amide bonds. The van der Waals surface area contributed by atoms with E-state index in [1.54, 1.807) is 0 Å². The molecule has 1 fully saturated rings. The zero-order valence-corrected chi connectivity index (χ0v) is 13.2. The van der Waals surface area contributed by atoms with E-state index in [1.165, 1.54) is 38.8 Å². The van der Waals surface area contributed by atoms with E-state index in [0.717, 1.165) is 24.4 Å². The Morgan fingerprint density at radius 3 is 2.17 bits per heavy atom. The molecule has 0 saturated heterocycles. The van der Waals surface area contributed by atoms with Crippen molar-refractivity contribution in [2.24, 2.45) is 11.8 Å². The van der Waals surface area contributed by atoms with Crippen LogP contribution in [-0.2, 0) is 0 Å². The lowest BCUT2D eigenvalue weighted by atomic mass is 9.87. The van der Waals surface area contributed by atoms with Crippen LogP contribution in [0.1, 0.15) is 60.3 Å². The molecule has 0 aliphatic heterocycles. The van der Waals surface area contributed by atoms with Crippen LogP contribution in [0.5, 0.6) is 0 Å². The van der Waals surface area contributed by atoms with E-state index in [1.807, 2.05) is 0 Å². The summed E-state index contributed by atoms with van der Waals surface area (Å²) >= 11 is 0. The first-order valence-electron chi connectivity index (χ1n) is 7.96. The second-order valence-corrected chi connectivity index (χ2v) is 6.89. The third kappa shape index (κ3) is 6.19. The third-order valence-corrected chi connectivity index (χ3v) is 4.18. The number of hydrogen-bond donors (Lipinski definition) is 1. The average molecular weight is 254 g/mol. The topological polar surface area (TPSA) is 15.3 Å². The molecule has 0 radical (unpaired) electrons. The van der Waals surface area contributed by atoms with Gasteiger partial charge in [-0.05, 0) is 51.4 Å². The molecule has 108 valence electrons. The average Bonchev–Trinajstić information content (AvgIpc) is 2.29. The standard InChI is InChI=1S/C16H34N2/c1-13(2)12-18(14(3)4)11-10-17-16-8-6-15(5)7-9-16/h13-17H,6-12H2,1-5H3. The minimum Gasteiger partial charge on any atom is -0.313 e. The molecule has 0 spiro atoms. The Kier molecular flexibility index (Phi) is 7.25. The van der Waals surface area contributed by atoms with Crippen molar-refractivity contribution in [3.05, 3.63) is 0 Å². The summed E-state index contributed by atoms with van der Waals surface area (Å²) in [6.07, 6.45) is 5.59. The molecule has 0 aromatic carbocycles. The van der Waals surface area contributed by atoms with Gasteiger partial charge in [0.15, 0.2) is 0 Å². The van der Waals surface area contributed by atoms with Gasteiger partial charge >= 0.3 is 0 Å². The molecule has 2 nitrogen and oxygen atoms in total. The second-order valence-electron chi connectivity index (χ2n) is 6.89. The van der Waals surface area contributed by atoms with Crippen molar-refractivity contribution in [3.63, 3.8) is 0 Å². The molecule has 18 heavy (non-hydrogen) atoms. The lowest BCUT2D eigenvalue weighted by Gasteiger charge is -2.31. The molecular formula is C16H34N2. The van der Waals surface area contributed by atoms with Crippen molar-refractivity contribution >= 4 is 0 Å². The minimum absolute atomic E-state index is 0.667. The fourth-order valence-corrected chi connectivity index (χ4v) is 2.91. The lowest BCUT2D eigenvalue weighted by Crippen LogP contribution is -2.42. The van der Waals surface area contributed by atoms with Crippen LogP contribution in [0.4, 0.5) is 0 Å². The molecule has 0 heterocycles. The first-order valence-corrected chi connectivity index (χ1v) is 7.96. The highest BCUT2D eigenvalue weighted by Crippen LogP contribution is 2.23. The summed E-state index contributed by atoms with van der Waals surface area (Å²) < 4.78 is 0. The van der Waals surface area contributed by atoms with Gasteiger partial charge in [-0.15, -0.1) is 0 Å². The molecule has 0 atom stereocenters. The molecule has 1 rings (SSSR count). The second kappa shape index (κ2) is 8.16. The largest absolute Gasteiger partial charge is 0.313 e. The van der Waals surface area contributed by atoms with Crippen LogP contribution < -0.4 is 5.32 Å². The molecule has 1 aliphatic rings. The van der Waals surface area contributed by atoms with Crippen molar-refractivity contribution in [1.29, 1.82) is 0 Å². The molecule has 0 bridgehead atoms. The Labute approximate surface area is 115 Å². The summed E-state index contributed by atoms with van der Waals surface area (Å²) in [5.74, 6) is 1.72. The van der Waals surface area contributed by atoms with Crippen molar-refractivity contribution in [3.8, 4) is 0 Å². The summed E-state index contributed by atoms with van der Waals surface area (Å²) in [7, 11) is 0. The van der Waals surface area contributed by atoms with Gasteiger partial charge in [0.2, 0.25) is 0 Å². The molecule has 0 aromatic rings. The summed E-state index contributed by atoms with van der Waals surface area (Å²) in [5, 5.41) is 3.76. The van der Waals surface area contributed by atoms with Crippen LogP contribution in [0, 0.1) is 11.8 Å². The fourth-order valence-electron chi connectivity index (χ4n) is 2.91. The van der Waals surface area contributed by atoms with Crippen LogP contribution in [0.15, 0.2) is 0 Å². The molecular weight excluding hydrogens is 220 g/mol. The Bertz CT molecular complexity index is 205. The van der Waals surface area contributed by atoms with Crippen LogP contribution in [0.2, 0.25) is 0 Å². The number of hydrogen-bond acceptors (Lipinski definition) is 2. The van der Waals surface area contributed by atoms with Crippen molar-refractivity contribution in [2.45, 2.75) is 72.4 Å². The number of nitrogens with zero attached hydrogens (tertiary/aromatic N) is 1. The summed E-state index contributed by atoms with van der Waals surface area (Å²) in [5.41, 5.74) is 0. The summed E-state index contributed by atoms with van der Waals surface area (Å²) in [6, 6.07) is 1.45. The van der Waals surface area contributed by atoms with Gasteiger partial charge in [-0.25, -0.2) is 0 Å². The zero-order chi connectivity index (χ0) is 13.5. The maximum Gasteiger partial charge on any atom is 0.0110 e. The third-order valence-electron chi connectivity index (χ3n) is 4.18. The predicted octanol–water partition coefficient (Wildman–Crippen LogP) is 3.52. The summed E-state index contributed by atoms with van der Waals surface area (Å²) in [4.78, 5) is 2.60. The molecule has 1 aliphatic carbocycles. The zero-order valence-electron chi connectivity index (χ0n) is 13.2. The smallest absolute Gasteiger partial charge is 0.0110 e. The molecule has 0 unspecified atom stereocenters. The molecule has 1 saturated carbocycles. The molecule has 2 heteroatoms. The molecule has 0 aromatic heterocycles. The van der Waals surface area contributed by atoms with E-state index in [2.05, 4.69) is 44.8 Å². The van der Waals surface area contributed by atoms with Gasteiger partial charge in [-0.1, -0.05) is 20.8 Å². The maximum absolute atomic E-state index is 3.76.